The van der Waals surface area contributed by atoms with Crippen molar-refractivity contribution < 1.29 is 9.53 Å². The van der Waals surface area contributed by atoms with Crippen LogP contribution in [0.2, 0.25) is 0 Å². The largest absolute Gasteiger partial charge is 0.361 e. The van der Waals surface area contributed by atoms with Crippen LogP contribution in [0.1, 0.15) is 59.8 Å². The Morgan fingerprint density at radius 1 is 1.44 bits per heavy atom. The number of nitrogens with one attached hydrogen (secondary N) is 1. The SMILES string of the molecule is CCC(C)(C)NC(=O)C(C)OC1(CN)CCCC1. The van der Waals surface area contributed by atoms with E-state index in [0.29, 0.717) is 6.54 Å². The number of hydrogen-bond acceptors (Lipinski definition) is 3. The Balaban J connectivity index is 2.54. The first kappa shape index (κ1) is 15.4. The van der Waals surface area contributed by atoms with Gasteiger partial charge in [0.25, 0.3) is 0 Å². The molecule has 0 saturated heterocycles. The van der Waals surface area contributed by atoms with Crippen LogP contribution in [0, 0.1) is 0 Å². The van der Waals surface area contributed by atoms with Crippen LogP contribution in [0.5, 0.6) is 0 Å². The van der Waals surface area contributed by atoms with Crippen molar-refractivity contribution in [3.05, 3.63) is 0 Å². The molecule has 4 nitrogen and oxygen atoms in total. The van der Waals surface area contributed by atoms with Crippen LogP contribution in [-0.4, -0.2) is 29.7 Å². The summed E-state index contributed by atoms with van der Waals surface area (Å²) in [7, 11) is 0. The van der Waals surface area contributed by atoms with Gasteiger partial charge in [0.15, 0.2) is 0 Å². The van der Waals surface area contributed by atoms with E-state index in [1.807, 2.05) is 20.8 Å². The molecule has 0 aliphatic heterocycles. The molecular weight excluding hydrogens is 228 g/mol. The lowest BCUT2D eigenvalue weighted by Crippen LogP contribution is -2.50. The van der Waals surface area contributed by atoms with Gasteiger partial charge in [0.2, 0.25) is 5.91 Å². The van der Waals surface area contributed by atoms with Gasteiger partial charge in [-0.05, 0) is 40.0 Å². The minimum atomic E-state index is -0.433. The van der Waals surface area contributed by atoms with E-state index in [9.17, 15) is 4.79 Å². The van der Waals surface area contributed by atoms with Gasteiger partial charge >= 0.3 is 0 Å². The van der Waals surface area contributed by atoms with Gasteiger partial charge in [0, 0.05) is 12.1 Å². The molecule has 0 bridgehead atoms. The lowest BCUT2D eigenvalue weighted by atomic mass is 10.0. The number of carbonyl (C=O) groups is 1. The molecular formula is C14H28N2O2. The second kappa shape index (κ2) is 6.02. The van der Waals surface area contributed by atoms with Crippen molar-refractivity contribution in [2.45, 2.75) is 77.0 Å². The maximum absolute atomic E-state index is 12.1. The number of ether oxygens (including phenoxy) is 1. The lowest BCUT2D eigenvalue weighted by Gasteiger charge is -2.33. The predicted molar refractivity (Wildman–Crippen MR) is 73.3 cm³/mol. The molecule has 1 unspecified atom stereocenters. The highest BCUT2D eigenvalue weighted by Gasteiger charge is 2.37. The average molecular weight is 256 g/mol. The topological polar surface area (TPSA) is 64.3 Å². The molecule has 18 heavy (non-hydrogen) atoms. The number of rotatable bonds is 6. The maximum Gasteiger partial charge on any atom is 0.249 e. The molecule has 0 aromatic heterocycles. The molecule has 1 amide bonds. The smallest absolute Gasteiger partial charge is 0.249 e. The summed E-state index contributed by atoms with van der Waals surface area (Å²) < 4.78 is 5.96. The summed E-state index contributed by atoms with van der Waals surface area (Å²) >= 11 is 0. The molecule has 1 atom stereocenters. The summed E-state index contributed by atoms with van der Waals surface area (Å²) in [4.78, 5) is 12.1. The maximum atomic E-state index is 12.1. The second-order valence-electron chi connectivity index (χ2n) is 6.08. The number of hydrogen-bond donors (Lipinski definition) is 2. The summed E-state index contributed by atoms with van der Waals surface area (Å²) in [6.07, 6.45) is 4.69. The first-order chi connectivity index (χ1) is 8.34. The van der Waals surface area contributed by atoms with Gasteiger partial charge in [0.05, 0.1) is 5.60 Å². The lowest BCUT2D eigenvalue weighted by molar-refractivity contribution is -0.145. The van der Waals surface area contributed by atoms with Crippen LogP contribution < -0.4 is 11.1 Å². The molecule has 1 aliphatic rings. The van der Waals surface area contributed by atoms with E-state index >= 15 is 0 Å². The zero-order valence-corrected chi connectivity index (χ0v) is 12.2. The number of carbonyl (C=O) groups excluding carboxylic acids is 1. The average Bonchev–Trinajstić information content (AvgIpc) is 2.77. The molecule has 1 rings (SSSR count). The van der Waals surface area contributed by atoms with Crippen molar-refractivity contribution in [3.8, 4) is 0 Å². The molecule has 3 N–H and O–H groups in total. The van der Waals surface area contributed by atoms with E-state index in [1.54, 1.807) is 0 Å². The van der Waals surface area contributed by atoms with Crippen LogP contribution >= 0.6 is 0 Å². The Morgan fingerprint density at radius 2 is 2.00 bits per heavy atom. The third kappa shape index (κ3) is 3.95. The Labute approximate surface area is 111 Å². The summed E-state index contributed by atoms with van der Waals surface area (Å²) in [5, 5.41) is 3.02. The molecule has 0 aromatic rings. The Morgan fingerprint density at radius 3 is 2.44 bits per heavy atom. The van der Waals surface area contributed by atoms with Crippen molar-refractivity contribution in [2.75, 3.05) is 6.54 Å². The summed E-state index contributed by atoms with van der Waals surface area (Å²) in [5.41, 5.74) is 5.36. The van der Waals surface area contributed by atoms with Crippen LogP contribution in [0.25, 0.3) is 0 Å². The van der Waals surface area contributed by atoms with Gasteiger partial charge in [-0.25, -0.2) is 0 Å². The Bertz CT molecular complexity index is 284. The minimum absolute atomic E-state index is 0.0402. The first-order valence-electron chi connectivity index (χ1n) is 7.04. The third-order valence-electron chi connectivity index (χ3n) is 4.03. The summed E-state index contributed by atoms with van der Waals surface area (Å²) in [6, 6.07) is 0. The number of amides is 1. The first-order valence-corrected chi connectivity index (χ1v) is 7.04. The molecule has 106 valence electrons. The zero-order chi connectivity index (χ0) is 13.8. The predicted octanol–water partition coefficient (Wildman–Crippen LogP) is 1.97. The molecule has 0 spiro atoms. The molecule has 0 aromatic carbocycles. The molecule has 0 heterocycles. The highest BCUT2D eigenvalue weighted by Crippen LogP contribution is 2.33. The van der Waals surface area contributed by atoms with E-state index in [-0.39, 0.29) is 17.0 Å². The molecule has 1 saturated carbocycles. The molecule has 1 fully saturated rings. The van der Waals surface area contributed by atoms with Gasteiger partial charge < -0.3 is 15.8 Å². The van der Waals surface area contributed by atoms with E-state index in [0.717, 1.165) is 32.1 Å². The third-order valence-corrected chi connectivity index (χ3v) is 4.03. The minimum Gasteiger partial charge on any atom is -0.361 e. The zero-order valence-electron chi connectivity index (χ0n) is 12.2. The molecule has 1 aliphatic carbocycles. The summed E-state index contributed by atoms with van der Waals surface area (Å²) in [5.74, 6) is -0.0402. The molecule has 4 heteroatoms. The van der Waals surface area contributed by atoms with Gasteiger partial charge in [-0.1, -0.05) is 19.8 Å². The standard InChI is InChI=1S/C14H28N2O2/c1-5-13(3,4)16-12(17)11(2)18-14(10-15)8-6-7-9-14/h11H,5-10,15H2,1-4H3,(H,16,17). The van der Waals surface area contributed by atoms with Gasteiger partial charge in [-0.2, -0.15) is 0 Å². The van der Waals surface area contributed by atoms with Crippen molar-refractivity contribution in [1.82, 2.24) is 5.32 Å². The van der Waals surface area contributed by atoms with E-state index in [2.05, 4.69) is 12.2 Å². The fourth-order valence-corrected chi connectivity index (χ4v) is 2.34. The fraction of sp³-hybridized carbons (Fsp3) is 0.929. The fourth-order valence-electron chi connectivity index (χ4n) is 2.34. The van der Waals surface area contributed by atoms with Crippen LogP contribution in [0.4, 0.5) is 0 Å². The van der Waals surface area contributed by atoms with E-state index in [4.69, 9.17) is 10.5 Å². The quantitative estimate of drug-likeness (QED) is 0.763. The monoisotopic (exact) mass is 256 g/mol. The van der Waals surface area contributed by atoms with Gasteiger partial charge in [-0.15, -0.1) is 0 Å². The van der Waals surface area contributed by atoms with Crippen molar-refractivity contribution in [1.29, 1.82) is 0 Å². The van der Waals surface area contributed by atoms with Gasteiger partial charge in [0.1, 0.15) is 6.10 Å². The van der Waals surface area contributed by atoms with Crippen LogP contribution in [-0.2, 0) is 9.53 Å². The highest BCUT2D eigenvalue weighted by atomic mass is 16.5. The normalized spacial score (nSPS) is 20.7. The summed E-state index contributed by atoms with van der Waals surface area (Å²) in [6.45, 7) is 8.42. The molecule has 0 radical (unpaired) electrons. The van der Waals surface area contributed by atoms with E-state index in [1.165, 1.54) is 0 Å². The van der Waals surface area contributed by atoms with Crippen LogP contribution in [0.15, 0.2) is 0 Å². The van der Waals surface area contributed by atoms with E-state index < -0.39 is 6.10 Å². The Hall–Kier alpha value is -0.610. The van der Waals surface area contributed by atoms with Crippen molar-refractivity contribution in [2.24, 2.45) is 5.73 Å². The Kier molecular flexibility index (Phi) is 5.17. The number of nitrogens with two attached hydrogens (primary N) is 1. The highest BCUT2D eigenvalue weighted by molar-refractivity contribution is 5.81. The van der Waals surface area contributed by atoms with Crippen molar-refractivity contribution >= 4 is 5.91 Å². The van der Waals surface area contributed by atoms with Crippen molar-refractivity contribution in [3.63, 3.8) is 0 Å². The van der Waals surface area contributed by atoms with Crippen LogP contribution in [0.3, 0.4) is 0 Å². The van der Waals surface area contributed by atoms with Gasteiger partial charge in [-0.3, -0.25) is 4.79 Å². The second-order valence-corrected chi connectivity index (χ2v) is 6.08.